The Morgan fingerprint density at radius 1 is 1.06 bits per heavy atom. The van der Waals surface area contributed by atoms with Gasteiger partial charge in [0, 0.05) is 15.6 Å². The molecule has 0 N–H and O–H groups in total. The third-order valence-electron chi connectivity index (χ3n) is 2.66. The Morgan fingerprint density at radius 3 is 2.50 bits per heavy atom. The Labute approximate surface area is 124 Å². The van der Waals surface area contributed by atoms with Crippen molar-refractivity contribution in [1.82, 2.24) is 0 Å². The molecule has 0 amide bonds. The lowest BCUT2D eigenvalue weighted by Gasteiger charge is -2.14. The third-order valence-corrected chi connectivity index (χ3v) is 4.22. The summed E-state index contributed by atoms with van der Waals surface area (Å²) in [4.78, 5) is -0.316. The van der Waals surface area contributed by atoms with Crippen molar-refractivity contribution < 1.29 is 4.39 Å². The van der Waals surface area contributed by atoms with Gasteiger partial charge in [-0.3, -0.25) is 0 Å². The number of aryl methyl sites for hydroxylation is 1. The predicted octanol–water partition coefficient (Wildman–Crippen LogP) is 5.93. The Balaban J connectivity index is 2.50. The molecule has 2 rings (SSSR count). The molecular formula is C14H10BrCl2F. The van der Waals surface area contributed by atoms with E-state index in [0.29, 0.717) is 15.6 Å². The molecular weight excluding hydrogens is 338 g/mol. The molecule has 4 heteroatoms. The average Bonchev–Trinajstić information content (AvgIpc) is 2.34. The van der Waals surface area contributed by atoms with Crippen molar-refractivity contribution in [2.45, 2.75) is 11.8 Å². The highest BCUT2D eigenvalue weighted by Crippen LogP contribution is 2.37. The molecule has 0 nitrogen and oxygen atoms in total. The van der Waals surface area contributed by atoms with Gasteiger partial charge in [0.1, 0.15) is 5.82 Å². The largest absolute Gasteiger partial charge is 0.207 e. The van der Waals surface area contributed by atoms with Crippen molar-refractivity contribution in [2.24, 2.45) is 0 Å². The van der Waals surface area contributed by atoms with Gasteiger partial charge in [-0.15, -0.1) is 0 Å². The highest BCUT2D eigenvalue weighted by atomic mass is 79.9. The van der Waals surface area contributed by atoms with Gasteiger partial charge in [-0.2, -0.15) is 0 Å². The number of rotatable bonds is 2. The summed E-state index contributed by atoms with van der Waals surface area (Å²) in [5, 5.41) is 1.13. The summed E-state index contributed by atoms with van der Waals surface area (Å²) >= 11 is 15.5. The number of hydrogen-bond donors (Lipinski definition) is 0. The Hall–Kier alpha value is -0.570. The second kappa shape index (κ2) is 5.60. The molecule has 0 aliphatic heterocycles. The van der Waals surface area contributed by atoms with Crippen molar-refractivity contribution in [1.29, 1.82) is 0 Å². The van der Waals surface area contributed by atoms with Crippen LogP contribution in [0.25, 0.3) is 0 Å². The van der Waals surface area contributed by atoms with Crippen LogP contribution in [0.1, 0.15) is 21.5 Å². The summed E-state index contributed by atoms with van der Waals surface area (Å²) in [5.41, 5.74) is 2.31. The maximum atomic E-state index is 13.8. The van der Waals surface area contributed by atoms with Gasteiger partial charge in [-0.05, 0) is 36.8 Å². The molecule has 2 aromatic carbocycles. The van der Waals surface area contributed by atoms with Crippen LogP contribution in [0.2, 0.25) is 10.0 Å². The molecule has 18 heavy (non-hydrogen) atoms. The van der Waals surface area contributed by atoms with E-state index in [1.807, 2.05) is 6.92 Å². The van der Waals surface area contributed by atoms with E-state index in [2.05, 4.69) is 15.9 Å². The van der Waals surface area contributed by atoms with Gasteiger partial charge in [0.25, 0.3) is 0 Å². The Bertz CT molecular complexity index is 533. The summed E-state index contributed by atoms with van der Waals surface area (Å²) in [6, 6.07) is 10.1. The summed E-state index contributed by atoms with van der Waals surface area (Å²) in [5.74, 6) is -0.265. The van der Waals surface area contributed by atoms with Gasteiger partial charge in [0.15, 0.2) is 0 Å². The molecule has 0 aromatic heterocycles. The molecule has 0 spiro atoms. The molecule has 0 fully saturated rings. The smallest absolute Gasteiger partial charge is 0.127 e. The summed E-state index contributed by atoms with van der Waals surface area (Å²) < 4.78 is 13.8. The van der Waals surface area contributed by atoms with E-state index in [1.165, 1.54) is 6.07 Å². The first-order chi connectivity index (χ1) is 8.49. The van der Waals surface area contributed by atoms with E-state index in [4.69, 9.17) is 23.2 Å². The van der Waals surface area contributed by atoms with Crippen LogP contribution in [0.15, 0.2) is 36.4 Å². The third kappa shape index (κ3) is 2.87. The van der Waals surface area contributed by atoms with E-state index in [-0.39, 0.29) is 10.6 Å². The van der Waals surface area contributed by atoms with E-state index >= 15 is 0 Å². The normalized spacial score (nSPS) is 12.5. The van der Waals surface area contributed by atoms with E-state index in [1.54, 1.807) is 30.3 Å². The fourth-order valence-electron chi connectivity index (χ4n) is 1.73. The molecule has 1 unspecified atom stereocenters. The van der Waals surface area contributed by atoms with Crippen molar-refractivity contribution >= 4 is 39.1 Å². The molecule has 0 aliphatic carbocycles. The molecule has 94 valence electrons. The summed E-state index contributed by atoms with van der Waals surface area (Å²) in [6.45, 7) is 1.92. The zero-order valence-corrected chi connectivity index (χ0v) is 12.7. The molecule has 0 heterocycles. The zero-order valence-electron chi connectivity index (χ0n) is 9.55. The predicted molar refractivity (Wildman–Crippen MR) is 78.4 cm³/mol. The number of alkyl halides is 1. The van der Waals surface area contributed by atoms with Crippen LogP contribution >= 0.6 is 39.1 Å². The number of hydrogen-bond acceptors (Lipinski definition) is 0. The number of halogens is 4. The van der Waals surface area contributed by atoms with Gasteiger partial charge in [-0.1, -0.05) is 56.8 Å². The lowest BCUT2D eigenvalue weighted by atomic mass is 10.0. The van der Waals surface area contributed by atoms with Crippen LogP contribution in [-0.4, -0.2) is 0 Å². The maximum Gasteiger partial charge on any atom is 0.127 e. The van der Waals surface area contributed by atoms with E-state index < -0.39 is 0 Å². The first-order valence-electron chi connectivity index (χ1n) is 5.34. The van der Waals surface area contributed by atoms with Crippen molar-refractivity contribution in [3.05, 3.63) is 69.0 Å². The standard InChI is InChI=1S/C14H10BrCl2F/c1-8-2-5-13(18)11(6-8)14(15)10-7-9(16)3-4-12(10)17/h2-7,14H,1H3. The van der Waals surface area contributed by atoms with Crippen LogP contribution < -0.4 is 0 Å². The van der Waals surface area contributed by atoms with Crippen LogP contribution in [-0.2, 0) is 0 Å². The Morgan fingerprint density at radius 2 is 1.78 bits per heavy atom. The van der Waals surface area contributed by atoms with Crippen LogP contribution in [0.3, 0.4) is 0 Å². The second-order valence-electron chi connectivity index (χ2n) is 4.05. The van der Waals surface area contributed by atoms with E-state index in [0.717, 1.165) is 11.1 Å². The lowest BCUT2D eigenvalue weighted by molar-refractivity contribution is 0.613. The van der Waals surface area contributed by atoms with Crippen molar-refractivity contribution in [2.75, 3.05) is 0 Å². The monoisotopic (exact) mass is 346 g/mol. The van der Waals surface area contributed by atoms with E-state index in [9.17, 15) is 4.39 Å². The highest BCUT2D eigenvalue weighted by Gasteiger charge is 2.18. The van der Waals surface area contributed by atoms with Crippen molar-refractivity contribution in [3.8, 4) is 0 Å². The SMILES string of the molecule is Cc1ccc(F)c(C(Br)c2cc(Cl)ccc2Cl)c1. The lowest BCUT2D eigenvalue weighted by Crippen LogP contribution is -1.98. The molecule has 2 aromatic rings. The van der Waals surface area contributed by atoms with Crippen molar-refractivity contribution in [3.63, 3.8) is 0 Å². The molecule has 0 radical (unpaired) electrons. The molecule has 0 bridgehead atoms. The minimum absolute atomic E-state index is 0.265. The average molecular weight is 348 g/mol. The minimum Gasteiger partial charge on any atom is -0.207 e. The second-order valence-corrected chi connectivity index (χ2v) is 5.81. The topological polar surface area (TPSA) is 0 Å². The Kier molecular flexibility index (Phi) is 4.31. The fraction of sp³-hybridized carbons (Fsp3) is 0.143. The maximum absolute atomic E-state index is 13.8. The molecule has 0 saturated carbocycles. The van der Waals surface area contributed by atoms with Gasteiger partial charge < -0.3 is 0 Å². The van der Waals surface area contributed by atoms with Gasteiger partial charge in [0.05, 0.1) is 4.83 Å². The molecule has 0 saturated heterocycles. The van der Waals surface area contributed by atoms with Gasteiger partial charge in [0.2, 0.25) is 0 Å². The van der Waals surface area contributed by atoms with Crippen LogP contribution in [0, 0.1) is 12.7 Å². The van der Waals surface area contributed by atoms with Crippen LogP contribution in [0.5, 0.6) is 0 Å². The summed E-state index contributed by atoms with van der Waals surface area (Å²) in [6.07, 6.45) is 0. The molecule has 1 atom stereocenters. The highest BCUT2D eigenvalue weighted by molar-refractivity contribution is 9.09. The fourth-order valence-corrected chi connectivity index (χ4v) is 3.00. The first kappa shape index (κ1) is 13.9. The minimum atomic E-state index is -0.316. The summed E-state index contributed by atoms with van der Waals surface area (Å²) in [7, 11) is 0. The molecule has 0 aliphatic rings. The first-order valence-corrected chi connectivity index (χ1v) is 7.01. The van der Waals surface area contributed by atoms with Gasteiger partial charge in [-0.25, -0.2) is 4.39 Å². The van der Waals surface area contributed by atoms with Crippen LogP contribution in [0.4, 0.5) is 4.39 Å². The zero-order chi connectivity index (χ0) is 13.3. The quantitative estimate of drug-likeness (QED) is 0.591. The van der Waals surface area contributed by atoms with Gasteiger partial charge >= 0.3 is 0 Å². The number of benzene rings is 2.